The summed E-state index contributed by atoms with van der Waals surface area (Å²) in [6.07, 6.45) is -34.6. The minimum absolute atomic E-state index is 0.198. The van der Waals surface area contributed by atoms with Gasteiger partial charge in [0.25, 0.3) is 0 Å². The molecule has 0 aliphatic rings. The molecule has 0 aliphatic carbocycles. The van der Waals surface area contributed by atoms with E-state index in [2.05, 4.69) is 20.0 Å². The number of alkyl halides is 18. The summed E-state index contributed by atoms with van der Waals surface area (Å²) in [4.78, 5) is 10.7. The lowest BCUT2D eigenvalue weighted by atomic mass is 9.99. The normalized spacial score (nSPS) is 14.3. The van der Waals surface area contributed by atoms with E-state index < -0.39 is 128 Å². The Labute approximate surface area is 283 Å². The number of rotatable bonds is 2. The number of hydrogen-bond donors (Lipinski definition) is 0. The van der Waals surface area contributed by atoms with E-state index in [1.165, 1.54) is 0 Å². The van der Waals surface area contributed by atoms with Crippen LogP contribution in [0.4, 0.5) is 79.0 Å². The quantitative estimate of drug-likeness (QED) is 0.132. The van der Waals surface area contributed by atoms with Crippen molar-refractivity contribution in [3.8, 4) is 34.7 Å². The van der Waals surface area contributed by atoms with Crippen molar-refractivity contribution in [3.05, 3.63) is 81.3 Å². The Morgan fingerprint density at radius 1 is 0.444 bits per heavy atom. The summed E-state index contributed by atoms with van der Waals surface area (Å²) in [5.74, 6) is -3.17. The highest BCUT2D eigenvalue weighted by molar-refractivity contribution is 5.90. The van der Waals surface area contributed by atoms with Gasteiger partial charge < -0.3 is 0 Å². The predicted molar refractivity (Wildman–Crippen MR) is 139 cm³/mol. The minimum Gasteiger partial charge on any atom is -0.277 e. The molecule has 0 spiro atoms. The van der Waals surface area contributed by atoms with Gasteiger partial charge in [0.05, 0.1) is 33.6 Å². The van der Waals surface area contributed by atoms with Crippen LogP contribution in [0, 0.1) is 22.7 Å². The SMILES string of the molecule is N#Cc1nc(=NC(F)(F)F)c2c(-c3cc(C(F)(F)F)cc(C(F)(F)F)c3)n3c(C#N)nc(=NC(F)(F)F)c3c(-c3cc(C(F)(F)F)cc(C(F)(F)F)c3)n12. The van der Waals surface area contributed by atoms with Gasteiger partial charge >= 0.3 is 37.3 Å². The molecule has 0 unspecified atom stereocenters. The number of hydrogen-bond acceptors (Lipinski definition) is 6. The summed E-state index contributed by atoms with van der Waals surface area (Å²) < 4.78 is 249. The molecule has 26 heteroatoms. The Bertz CT molecular complexity index is 2300. The Hall–Kier alpha value is -6.08. The van der Waals surface area contributed by atoms with Gasteiger partial charge in [0, 0.05) is 11.1 Å². The van der Waals surface area contributed by atoms with Crippen LogP contribution in [0.25, 0.3) is 33.5 Å². The van der Waals surface area contributed by atoms with Gasteiger partial charge in [0.2, 0.25) is 11.6 Å². The molecule has 8 nitrogen and oxygen atoms in total. The number of nitriles is 2. The third-order valence-corrected chi connectivity index (χ3v) is 7.00. The van der Waals surface area contributed by atoms with Crippen molar-refractivity contribution in [1.82, 2.24) is 18.8 Å². The highest BCUT2D eigenvalue weighted by Gasteiger charge is 2.41. The first-order valence-corrected chi connectivity index (χ1v) is 13.4. The third-order valence-electron chi connectivity index (χ3n) is 7.00. The van der Waals surface area contributed by atoms with Crippen molar-refractivity contribution < 1.29 is 79.0 Å². The van der Waals surface area contributed by atoms with Crippen LogP contribution in [0.15, 0.2) is 46.4 Å². The fourth-order valence-electron chi connectivity index (χ4n) is 5.15. The Morgan fingerprint density at radius 3 is 0.907 bits per heavy atom. The van der Waals surface area contributed by atoms with Crippen molar-refractivity contribution >= 4 is 11.0 Å². The summed E-state index contributed by atoms with van der Waals surface area (Å²) in [7, 11) is 0. The fraction of sp³-hybridized carbons (Fsp3) is 0.214. The molecule has 0 bridgehead atoms. The lowest BCUT2D eigenvalue weighted by molar-refractivity contribution is -0.144. The van der Waals surface area contributed by atoms with Gasteiger partial charge in [0.15, 0.2) is 11.0 Å². The number of aromatic nitrogens is 4. The van der Waals surface area contributed by atoms with E-state index in [0.29, 0.717) is 0 Å². The van der Waals surface area contributed by atoms with E-state index in [4.69, 9.17) is 0 Å². The molecule has 0 saturated heterocycles. The van der Waals surface area contributed by atoms with Crippen LogP contribution in [0.3, 0.4) is 0 Å². The molecule has 3 heterocycles. The zero-order valence-electron chi connectivity index (χ0n) is 24.8. The lowest BCUT2D eigenvalue weighted by Gasteiger charge is -2.20. The largest absolute Gasteiger partial charge is 0.505 e. The average molecular weight is 796 g/mol. The maximum Gasteiger partial charge on any atom is 0.505 e. The topological polar surface area (TPSA) is 107 Å². The van der Waals surface area contributed by atoms with Crippen LogP contribution in [0.1, 0.15) is 33.9 Å². The molecule has 0 N–H and O–H groups in total. The van der Waals surface area contributed by atoms with E-state index in [1.54, 1.807) is 0 Å². The van der Waals surface area contributed by atoms with Crippen LogP contribution in [-0.4, -0.2) is 31.4 Å². The van der Waals surface area contributed by atoms with Crippen LogP contribution < -0.4 is 11.0 Å². The monoisotopic (exact) mass is 796 g/mol. The summed E-state index contributed by atoms with van der Waals surface area (Å²) in [6.45, 7) is 0. The molecule has 0 atom stereocenters. The van der Waals surface area contributed by atoms with Crippen LogP contribution >= 0.6 is 0 Å². The van der Waals surface area contributed by atoms with Crippen LogP contribution in [0.5, 0.6) is 0 Å². The number of fused-ring (bicyclic) bond motifs is 2. The highest BCUT2D eigenvalue weighted by atomic mass is 19.4. The van der Waals surface area contributed by atoms with E-state index in [0.717, 1.165) is 12.1 Å². The summed E-state index contributed by atoms with van der Waals surface area (Å²) in [5.41, 5.74) is -22.4. The Balaban J connectivity index is 2.29. The first-order chi connectivity index (χ1) is 24.4. The lowest BCUT2D eigenvalue weighted by Crippen LogP contribution is -2.19. The Kier molecular flexibility index (Phi) is 8.87. The second kappa shape index (κ2) is 12.2. The zero-order valence-corrected chi connectivity index (χ0v) is 24.8. The van der Waals surface area contributed by atoms with Gasteiger partial charge in [-0.3, -0.25) is 8.80 Å². The molecule has 0 amide bonds. The molecule has 0 saturated carbocycles. The molecule has 0 radical (unpaired) electrons. The third kappa shape index (κ3) is 7.40. The zero-order chi connectivity index (χ0) is 40.7. The van der Waals surface area contributed by atoms with Gasteiger partial charge in [-0.15, -0.1) is 26.3 Å². The van der Waals surface area contributed by atoms with Crippen LogP contribution in [-0.2, 0) is 24.7 Å². The average Bonchev–Trinajstić information content (AvgIpc) is 3.53. The maximum atomic E-state index is 13.9. The minimum atomic E-state index is -5.83. The molecule has 2 aromatic carbocycles. The van der Waals surface area contributed by atoms with Gasteiger partial charge in [-0.05, 0) is 36.4 Å². The molecule has 54 heavy (non-hydrogen) atoms. The van der Waals surface area contributed by atoms with Crippen molar-refractivity contribution in [3.63, 3.8) is 0 Å². The molecule has 0 aliphatic heterocycles. The summed E-state index contributed by atoms with van der Waals surface area (Å²) in [5, 5.41) is 19.7. The van der Waals surface area contributed by atoms with Crippen molar-refractivity contribution in [1.29, 1.82) is 10.5 Å². The molecular weight excluding hydrogens is 790 g/mol. The summed E-state index contributed by atoms with van der Waals surface area (Å²) in [6, 6.07) is 0.236. The van der Waals surface area contributed by atoms with Crippen LogP contribution in [0.2, 0.25) is 0 Å². The Morgan fingerprint density at radius 2 is 0.704 bits per heavy atom. The second-order valence-corrected chi connectivity index (χ2v) is 10.6. The molecule has 5 aromatic rings. The number of nitrogens with zero attached hydrogens (tertiary/aromatic N) is 8. The number of halogens is 18. The predicted octanol–water partition coefficient (Wildman–Crippen LogP) is 8.41. The van der Waals surface area contributed by atoms with Crippen molar-refractivity contribution in [2.75, 3.05) is 0 Å². The molecular formula is C28H6F18N8. The summed E-state index contributed by atoms with van der Waals surface area (Å²) >= 11 is 0. The first-order valence-electron chi connectivity index (χ1n) is 13.4. The van der Waals surface area contributed by atoms with E-state index >= 15 is 0 Å². The van der Waals surface area contributed by atoms with Gasteiger partial charge in [-0.1, -0.05) is 0 Å². The van der Waals surface area contributed by atoms with E-state index in [9.17, 15) is 89.6 Å². The number of imidazole rings is 2. The molecule has 284 valence electrons. The smallest absolute Gasteiger partial charge is 0.277 e. The van der Waals surface area contributed by atoms with Crippen molar-refractivity contribution in [2.45, 2.75) is 37.3 Å². The van der Waals surface area contributed by atoms with Crippen molar-refractivity contribution in [2.24, 2.45) is 9.98 Å². The number of benzene rings is 2. The highest BCUT2D eigenvalue weighted by Crippen LogP contribution is 2.43. The van der Waals surface area contributed by atoms with Gasteiger partial charge in [0.1, 0.15) is 23.2 Å². The van der Waals surface area contributed by atoms with Gasteiger partial charge in [-0.2, -0.15) is 83.2 Å². The van der Waals surface area contributed by atoms with E-state index in [1.807, 2.05) is 0 Å². The second-order valence-electron chi connectivity index (χ2n) is 10.6. The van der Waals surface area contributed by atoms with E-state index in [-0.39, 0.29) is 33.1 Å². The molecule has 5 rings (SSSR count). The maximum absolute atomic E-state index is 13.9. The molecule has 0 fully saturated rings. The van der Waals surface area contributed by atoms with Gasteiger partial charge in [-0.25, -0.2) is 0 Å². The standard InChI is InChI=1S/C28H6F18N8/c29-23(30,31)11-1-9(2-12(5-11)24(32,33)34)17-19-21(51-27(41,42)43)50-16(8-48)54(19)18(20-22(52-28(44,45)46)49-15(7-47)53(17)20)10-3-13(25(35,36)37)6-14(4-10)26(38,39)40/h1-6H. The first kappa shape index (κ1) is 39.1. The fourth-order valence-corrected chi connectivity index (χ4v) is 5.15. The molecule has 3 aromatic heterocycles.